The molecular weight excluding hydrogens is 1450 g/mol. The van der Waals surface area contributed by atoms with Crippen LogP contribution in [0.4, 0.5) is 0 Å². The highest BCUT2D eigenvalue weighted by molar-refractivity contribution is 7.47. The zero-order chi connectivity index (χ0) is 82.3. The van der Waals surface area contributed by atoms with Crippen molar-refractivity contribution < 1.29 is 80.2 Å². The molecule has 0 heterocycles. The van der Waals surface area contributed by atoms with E-state index in [-0.39, 0.29) is 25.7 Å². The third-order valence-corrected chi connectivity index (χ3v) is 24.4. The highest BCUT2D eigenvalue weighted by Gasteiger charge is 2.31. The molecule has 0 rings (SSSR count). The Labute approximate surface area is 689 Å². The summed E-state index contributed by atoms with van der Waals surface area (Å²) in [6.45, 7) is 14.5. The van der Waals surface area contributed by atoms with E-state index in [1.807, 2.05) is 0 Å². The maximum absolute atomic E-state index is 13.2. The topological polar surface area (TPSA) is 237 Å². The van der Waals surface area contributed by atoms with Gasteiger partial charge in [-0.2, -0.15) is 0 Å². The average Bonchev–Trinajstić information content (AvgIpc) is 0.898. The molecule has 0 saturated heterocycles. The molecule has 0 aromatic carbocycles. The number of ether oxygens (including phenoxy) is 4. The van der Waals surface area contributed by atoms with Gasteiger partial charge < -0.3 is 33.8 Å². The minimum Gasteiger partial charge on any atom is -0.462 e. The lowest BCUT2D eigenvalue weighted by atomic mass is 9.99. The summed E-state index contributed by atoms with van der Waals surface area (Å²) < 4.78 is 69.1. The Morgan fingerprint density at radius 2 is 0.429 bits per heavy atom. The van der Waals surface area contributed by atoms with Gasteiger partial charge >= 0.3 is 39.5 Å². The van der Waals surface area contributed by atoms with Crippen LogP contribution in [0.25, 0.3) is 0 Å². The first-order valence-corrected chi connectivity index (χ1v) is 50.8. The molecule has 0 radical (unpaired) electrons. The van der Waals surface area contributed by atoms with Crippen molar-refractivity contribution >= 4 is 39.5 Å². The summed E-state index contributed by atoms with van der Waals surface area (Å²) in [5.41, 5.74) is 0. The molecule has 4 unspecified atom stereocenters. The third-order valence-electron chi connectivity index (χ3n) is 22.5. The van der Waals surface area contributed by atoms with E-state index in [1.165, 1.54) is 295 Å². The molecule has 0 fully saturated rings. The third kappa shape index (κ3) is 83.1. The summed E-state index contributed by atoms with van der Waals surface area (Å²) in [7, 11) is -9.94. The van der Waals surface area contributed by atoms with Crippen LogP contribution in [-0.4, -0.2) is 96.7 Å². The van der Waals surface area contributed by atoms with E-state index >= 15 is 0 Å². The van der Waals surface area contributed by atoms with Crippen molar-refractivity contribution in [1.29, 1.82) is 0 Å². The van der Waals surface area contributed by atoms with E-state index in [4.69, 9.17) is 37.0 Å². The molecule has 19 heteroatoms. The summed E-state index contributed by atoms with van der Waals surface area (Å²) >= 11 is 0. The monoisotopic (exact) mass is 1630 g/mol. The smallest absolute Gasteiger partial charge is 0.462 e. The van der Waals surface area contributed by atoms with Gasteiger partial charge in [0.1, 0.15) is 19.3 Å². The quantitative estimate of drug-likeness (QED) is 0.0222. The largest absolute Gasteiger partial charge is 0.472 e. The van der Waals surface area contributed by atoms with Gasteiger partial charge in [-0.1, -0.05) is 441 Å². The first kappa shape index (κ1) is 110. The van der Waals surface area contributed by atoms with Crippen LogP contribution in [0.2, 0.25) is 0 Å². The number of phosphoric ester groups is 2. The summed E-state index contributed by atoms with van der Waals surface area (Å²) in [6.07, 6.45) is 73.6. The van der Waals surface area contributed by atoms with Gasteiger partial charge in [-0.15, -0.1) is 0 Å². The molecule has 0 bridgehead atoms. The van der Waals surface area contributed by atoms with Crippen LogP contribution >= 0.6 is 15.6 Å². The molecule has 666 valence electrons. The Morgan fingerprint density at radius 3 is 0.634 bits per heavy atom. The number of carbonyl (C=O) groups excluding carboxylic acids is 4. The highest BCUT2D eigenvalue weighted by atomic mass is 31.2. The van der Waals surface area contributed by atoms with Crippen molar-refractivity contribution in [3.8, 4) is 0 Å². The second-order valence-corrected chi connectivity index (χ2v) is 37.7. The van der Waals surface area contributed by atoms with E-state index in [0.717, 1.165) is 114 Å². The predicted molar refractivity (Wildman–Crippen MR) is 464 cm³/mol. The number of hydrogen-bond acceptors (Lipinski definition) is 15. The number of hydrogen-bond donors (Lipinski definition) is 3. The predicted octanol–water partition coefficient (Wildman–Crippen LogP) is 28.7. The molecule has 17 nitrogen and oxygen atoms in total. The fourth-order valence-corrected chi connectivity index (χ4v) is 16.1. The summed E-state index contributed by atoms with van der Waals surface area (Å²) in [4.78, 5) is 73.5. The lowest BCUT2D eigenvalue weighted by molar-refractivity contribution is -0.161. The van der Waals surface area contributed by atoms with Crippen LogP contribution in [0.5, 0.6) is 0 Å². The van der Waals surface area contributed by atoms with E-state index in [0.29, 0.717) is 25.7 Å². The fraction of sp³-hybridized carbons (Fsp3) is 0.957. The van der Waals surface area contributed by atoms with Crippen molar-refractivity contribution in [2.24, 2.45) is 23.7 Å². The van der Waals surface area contributed by atoms with Crippen molar-refractivity contribution in [3.05, 3.63) is 0 Å². The van der Waals surface area contributed by atoms with Crippen molar-refractivity contribution in [2.75, 3.05) is 39.6 Å². The molecule has 0 aliphatic carbocycles. The lowest BCUT2D eigenvalue weighted by Gasteiger charge is -2.21. The average molecular weight is 1630 g/mol. The normalized spacial score (nSPS) is 14.3. The highest BCUT2D eigenvalue weighted by Crippen LogP contribution is 2.45. The molecule has 0 saturated carbocycles. The number of aliphatic hydroxyl groups excluding tert-OH is 1. The summed E-state index contributed by atoms with van der Waals surface area (Å²) in [6, 6.07) is 0. The van der Waals surface area contributed by atoms with Gasteiger partial charge in [0.15, 0.2) is 12.2 Å². The lowest BCUT2D eigenvalue weighted by Crippen LogP contribution is -2.30. The molecule has 3 N–H and O–H groups in total. The number of phosphoric acid groups is 2. The van der Waals surface area contributed by atoms with Gasteiger partial charge in [0, 0.05) is 25.7 Å². The standard InChI is InChI=1S/C93H182O17P2/c1-9-85(7)71-63-55-47-39-33-27-23-24-30-36-42-52-60-68-76-93(98)110-89(80-104-91(96)74-66-58-50-44-43-48-56-64-72-86(8)10-2)82-108-112(101,102)106-78-87(94)77-105-111(99,100)107-81-88(109-92(97)75-67-59-51-41-35-29-22-18-14-12-16-20-26-32-38-46-54-62-70-84(5)6)79-103-90(95)73-65-57-49-40-34-28-21-17-13-11-15-19-25-31-37-45-53-61-69-83(3)4/h83-89,94H,9-82H2,1-8H3,(H,99,100)(H,101,102)/t85?,86?,87-,88-,89-/m1/s1. The van der Waals surface area contributed by atoms with Crippen LogP contribution in [0.3, 0.4) is 0 Å². The van der Waals surface area contributed by atoms with Crippen molar-refractivity contribution in [2.45, 2.75) is 510 Å². The summed E-state index contributed by atoms with van der Waals surface area (Å²) in [5, 5.41) is 10.7. The fourth-order valence-electron chi connectivity index (χ4n) is 14.5. The van der Waals surface area contributed by atoms with Crippen LogP contribution in [0, 0.1) is 23.7 Å². The van der Waals surface area contributed by atoms with Gasteiger partial charge in [-0.05, 0) is 49.4 Å². The van der Waals surface area contributed by atoms with Crippen molar-refractivity contribution in [1.82, 2.24) is 0 Å². The van der Waals surface area contributed by atoms with E-state index in [1.54, 1.807) is 0 Å². The molecule has 112 heavy (non-hydrogen) atoms. The molecule has 0 amide bonds. The Balaban J connectivity index is 5.25. The molecule has 7 atom stereocenters. The molecule has 0 aliphatic heterocycles. The second-order valence-electron chi connectivity index (χ2n) is 34.8. The molecule has 0 aromatic rings. The number of rotatable bonds is 90. The maximum Gasteiger partial charge on any atom is 0.472 e. The zero-order valence-corrected chi connectivity index (χ0v) is 76.1. The van der Waals surface area contributed by atoms with Gasteiger partial charge in [0.2, 0.25) is 0 Å². The second kappa shape index (κ2) is 81.4. The van der Waals surface area contributed by atoms with Gasteiger partial charge in [-0.25, -0.2) is 9.13 Å². The van der Waals surface area contributed by atoms with Crippen molar-refractivity contribution in [3.63, 3.8) is 0 Å². The number of unbranched alkanes of at least 4 members (excludes halogenated alkanes) is 54. The van der Waals surface area contributed by atoms with Crippen LogP contribution < -0.4 is 0 Å². The maximum atomic E-state index is 13.2. The van der Waals surface area contributed by atoms with Crippen LogP contribution in [-0.2, 0) is 65.4 Å². The van der Waals surface area contributed by atoms with E-state index < -0.39 is 97.5 Å². The first-order chi connectivity index (χ1) is 54.2. The van der Waals surface area contributed by atoms with Gasteiger partial charge in [-0.3, -0.25) is 37.3 Å². The zero-order valence-electron chi connectivity index (χ0n) is 74.3. The SMILES string of the molecule is CCC(C)CCCCCCCCCCCCCCCCC(=O)O[C@H](COC(=O)CCCCCCCCCCC(C)CC)COP(=O)(O)OC[C@H](O)COP(=O)(O)OC[C@@H](COC(=O)CCCCCCCCCCCCCCCCCCCCC(C)C)OC(=O)CCCCCCCCCCCCCCCCCCCCC(C)C. The van der Waals surface area contributed by atoms with Gasteiger partial charge in [0.05, 0.1) is 26.4 Å². The van der Waals surface area contributed by atoms with E-state index in [2.05, 4.69) is 55.4 Å². The molecular formula is C93H182O17P2. The van der Waals surface area contributed by atoms with Gasteiger partial charge in [0.25, 0.3) is 0 Å². The Kier molecular flexibility index (Phi) is 80.0. The molecule has 0 aliphatic rings. The minimum absolute atomic E-state index is 0.107. The number of aliphatic hydroxyl groups is 1. The first-order valence-electron chi connectivity index (χ1n) is 47.8. The van der Waals surface area contributed by atoms with E-state index in [9.17, 15) is 43.2 Å². The molecule has 0 spiro atoms. The minimum atomic E-state index is -4.97. The molecule has 0 aromatic heterocycles. The summed E-state index contributed by atoms with van der Waals surface area (Å²) in [5.74, 6) is 1.17. The number of carbonyl (C=O) groups is 4. The Hall–Kier alpha value is -1.94. The Morgan fingerprint density at radius 1 is 0.250 bits per heavy atom. The van der Waals surface area contributed by atoms with Crippen LogP contribution in [0.1, 0.15) is 492 Å². The number of esters is 4. The van der Waals surface area contributed by atoms with Crippen LogP contribution in [0.15, 0.2) is 0 Å². The Bertz CT molecular complexity index is 2170.